The van der Waals surface area contributed by atoms with Crippen molar-refractivity contribution < 1.29 is 19.8 Å². The summed E-state index contributed by atoms with van der Waals surface area (Å²) in [4.78, 5) is 0.341. The summed E-state index contributed by atoms with van der Waals surface area (Å²) in [6.45, 7) is 1.82. The molecule has 0 amide bonds. The quantitative estimate of drug-likeness (QED) is 0.568. The number of hydrogen-bond donors (Lipinski definition) is 2. The average Bonchev–Trinajstić information content (AvgIpc) is 2.70. The molecule has 7 nitrogen and oxygen atoms in total. The van der Waals surface area contributed by atoms with E-state index in [4.69, 9.17) is 0 Å². The van der Waals surface area contributed by atoms with E-state index in [1.807, 2.05) is 6.92 Å². The minimum Gasteiger partial charge on any atom is -0.379 e. The largest absolute Gasteiger partial charge is 0.379 e. The van der Waals surface area contributed by atoms with Crippen LogP contribution < -0.4 is 4.90 Å². The highest BCUT2D eigenvalue weighted by Gasteiger charge is 2.58. The second-order valence-corrected chi connectivity index (χ2v) is 4.64. The Kier molecular flexibility index (Phi) is 1.84. The first-order valence-corrected chi connectivity index (χ1v) is 5.32. The Morgan fingerprint density at radius 1 is 1.69 bits per heavy atom. The number of nitrogens with zero attached hydrogens (tertiary/aromatic N) is 3. The standard InChI is InChI=1S/C9H13N3O4/c1-5-4-9(13)7(11(5)14)3-2-6-8(9)10-16-12(6)15/h5,7,13-14H,2-4H2,1H3/t5-,7-,9+/m0/s1. The monoisotopic (exact) mass is 227 g/mol. The summed E-state index contributed by atoms with van der Waals surface area (Å²) >= 11 is 0. The first-order valence-electron chi connectivity index (χ1n) is 5.32. The molecule has 1 aliphatic heterocycles. The zero-order valence-electron chi connectivity index (χ0n) is 8.83. The predicted molar refractivity (Wildman–Crippen MR) is 49.2 cm³/mol. The summed E-state index contributed by atoms with van der Waals surface area (Å²) in [7, 11) is 0. The Balaban J connectivity index is 2.11. The van der Waals surface area contributed by atoms with E-state index >= 15 is 0 Å². The fourth-order valence-electron chi connectivity index (χ4n) is 2.91. The van der Waals surface area contributed by atoms with Crippen LogP contribution in [0.4, 0.5) is 0 Å². The predicted octanol–water partition coefficient (Wildman–Crippen LogP) is -0.706. The number of aliphatic hydroxyl groups is 1. The van der Waals surface area contributed by atoms with Crippen molar-refractivity contribution in [3.05, 3.63) is 16.6 Å². The molecule has 16 heavy (non-hydrogen) atoms. The van der Waals surface area contributed by atoms with Crippen molar-refractivity contribution in [1.82, 2.24) is 10.2 Å². The third kappa shape index (κ3) is 1.02. The Bertz CT molecular complexity index is 434. The molecule has 0 bridgehead atoms. The molecule has 1 aliphatic carbocycles. The van der Waals surface area contributed by atoms with E-state index in [9.17, 15) is 15.5 Å². The molecule has 0 spiro atoms. The van der Waals surface area contributed by atoms with Crippen LogP contribution in [0.25, 0.3) is 0 Å². The third-order valence-electron chi connectivity index (χ3n) is 3.69. The van der Waals surface area contributed by atoms with E-state index in [-0.39, 0.29) is 11.7 Å². The van der Waals surface area contributed by atoms with Gasteiger partial charge in [-0.1, -0.05) is 0 Å². The van der Waals surface area contributed by atoms with E-state index in [0.29, 0.717) is 29.9 Å². The Morgan fingerprint density at radius 2 is 2.44 bits per heavy atom. The molecular formula is C9H13N3O4. The SMILES string of the molecule is C[C@H]1C[C@]2(O)c3no[n+]([O-])c3CC[C@@H]2N1O. The third-order valence-corrected chi connectivity index (χ3v) is 3.69. The van der Waals surface area contributed by atoms with Gasteiger partial charge >= 0.3 is 0 Å². The van der Waals surface area contributed by atoms with Gasteiger partial charge in [-0.2, -0.15) is 5.06 Å². The molecule has 88 valence electrons. The topological polar surface area (TPSA) is 96.7 Å². The van der Waals surface area contributed by atoms with Crippen molar-refractivity contribution in [2.24, 2.45) is 0 Å². The highest BCUT2D eigenvalue weighted by atomic mass is 16.8. The summed E-state index contributed by atoms with van der Waals surface area (Å²) in [6, 6.07) is -0.558. The van der Waals surface area contributed by atoms with Crippen molar-refractivity contribution in [3.63, 3.8) is 0 Å². The fourth-order valence-corrected chi connectivity index (χ4v) is 2.91. The lowest BCUT2D eigenvalue weighted by Gasteiger charge is -2.31. The van der Waals surface area contributed by atoms with E-state index in [2.05, 4.69) is 9.79 Å². The smallest absolute Gasteiger partial charge is 0.254 e. The minimum absolute atomic E-state index is 0.155. The van der Waals surface area contributed by atoms with Crippen LogP contribution in [0.3, 0.4) is 0 Å². The van der Waals surface area contributed by atoms with Gasteiger partial charge in [0.15, 0.2) is 5.60 Å². The zero-order valence-corrected chi connectivity index (χ0v) is 8.83. The molecule has 1 aromatic rings. The molecular weight excluding hydrogens is 214 g/mol. The molecule has 1 aromatic heterocycles. The van der Waals surface area contributed by atoms with Gasteiger partial charge in [-0.15, -0.1) is 0 Å². The number of hydrogen-bond acceptors (Lipinski definition) is 6. The van der Waals surface area contributed by atoms with E-state index in [0.717, 1.165) is 5.06 Å². The lowest BCUT2D eigenvalue weighted by Crippen LogP contribution is -2.47. The second kappa shape index (κ2) is 2.93. The molecule has 0 unspecified atom stereocenters. The molecule has 2 aliphatic rings. The first kappa shape index (κ1) is 10.0. The van der Waals surface area contributed by atoms with Gasteiger partial charge in [0, 0.05) is 24.0 Å². The van der Waals surface area contributed by atoms with Crippen LogP contribution in [-0.2, 0) is 12.0 Å². The maximum absolute atomic E-state index is 11.3. The second-order valence-electron chi connectivity index (χ2n) is 4.64. The van der Waals surface area contributed by atoms with Gasteiger partial charge in [-0.05, 0) is 18.2 Å². The zero-order chi connectivity index (χ0) is 11.5. The molecule has 0 radical (unpaired) electrons. The van der Waals surface area contributed by atoms with Crippen LogP contribution in [0.5, 0.6) is 0 Å². The Morgan fingerprint density at radius 3 is 3.19 bits per heavy atom. The van der Waals surface area contributed by atoms with Gasteiger partial charge < -0.3 is 15.5 Å². The summed E-state index contributed by atoms with van der Waals surface area (Å²) < 4.78 is 4.51. The molecule has 2 N–H and O–H groups in total. The van der Waals surface area contributed by atoms with Gasteiger partial charge in [0.05, 0.1) is 6.04 Å². The molecule has 0 saturated carbocycles. The summed E-state index contributed by atoms with van der Waals surface area (Å²) in [5, 5.41) is 36.4. The fraction of sp³-hybridized carbons (Fsp3) is 0.778. The lowest BCUT2D eigenvalue weighted by molar-refractivity contribution is -0.808. The number of hydroxylamine groups is 2. The van der Waals surface area contributed by atoms with Crippen LogP contribution in [0.15, 0.2) is 4.63 Å². The van der Waals surface area contributed by atoms with Gasteiger partial charge in [0.2, 0.25) is 5.69 Å². The summed E-state index contributed by atoms with van der Waals surface area (Å²) in [5.74, 6) is 0. The van der Waals surface area contributed by atoms with Crippen molar-refractivity contribution in [2.75, 3.05) is 0 Å². The molecule has 1 fully saturated rings. The molecule has 3 atom stereocenters. The normalized spacial score (nSPS) is 38.4. The molecule has 3 rings (SSSR count). The summed E-state index contributed by atoms with van der Waals surface area (Å²) in [6.07, 6.45) is 1.33. The maximum Gasteiger partial charge on any atom is 0.254 e. The van der Waals surface area contributed by atoms with Gasteiger partial charge in [0.25, 0.3) is 5.69 Å². The van der Waals surface area contributed by atoms with Crippen molar-refractivity contribution in [2.45, 2.75) is 43.9 Å². The Labute approximate surface area is 91.4 Å². The van der Waals surface area contributed by atoms with Gasteiger partial charge in [-0.3, -0.25) is 4.63 Å². The highest BCUT2D eigenvalue weighted by Crippen LogP contribution is 2.45. The van der Waals surface area contributed by atoms with Crippen LogP contribution in [0, 0.1) is 5.21 Å². The van der Waals surface area contributed by atoms with E-state index in [1.54, 1.807) is 0 Å². The molecule has 7 heteroatoms. The lowest BCUT2D eigenvalue weighted by atomic mass is 9.81. The number of aromatic nitrogens is 2. The Hall–Kier alpha value is -1.18. The molecule has 1 saturated heterocycles. The highest BCUT2D eigenvalue weighted by molar-refractivity contribution is 5.24. The average molecular weight is 227 g/mol. The minimum atomic E-state index is -1.26. The van der Waals surface area contributed by atoms with E-state index in [1.165, 1.54) is 0 Å². The van der Waals surface area contributed by atoms with Crippen molar-refractivity contribution in [1.29, 1.82) is 0 Å². The van der Waals surface area contributed by atoms with Gasteiger partial charge in [-0.25, -0.2) is 0 Å². The van der Waals surface area contributed by atoms with Gasteiger partial charge in [0.1, 0.15) is 0 Å². The van der Waals surface area contributed by atoms with Crippen molar-refractivity contribution in [3.8, 4) is 0 Å². The molecule has 0 aromatic carbocycles. The van der Waals surface area contributed by atoms with Crippen LogP contribution >= 0.6 is 0 Å². The van der Waals surface area contributed by atoms with Crippen LogP contribution in [-0.4, -0.2) is 32.6 Å². The molecule has 2 heterocycles. The first-order chi connectivity index (χ1) is 7.54. The van der Waals surface area contributed by atoms with Crippen LogP contribution in [0.1, 0.15) is 31.2 Å². The number of fused-ring (bicyclic) bond motifs is 3. The maximum atomic E-state index is 11.3. The van der Waals surface area contributed by atoms with E-state index < -0.39 is 11.6 Å². The van der Waals surface area contributed by atoms with Crippen LogP contribution in [0.2, 0.25) is 0 Å². The number of rotatable bonds is 0. The summed E-state index contributed by atoms with van der Waals surface area (Å²) in [5.41, 5.74) is -0.607. The van der Waals surface area contributed by atoms with Crippen molar-refractivity contribution >= 4 is 0 Å².